The average molecular weight is 446 g/mol. The second kappa shape index (κ2) is 8.36. The molecule has 0 aliphatic carbocycles. The monoisotopic (exact) mass is 445 g/mol. The number of aromatic nitrogens is 6. The average Bonchev–Trinajstić information content (AvgIpc) is 3.54. The molecular weight excluding hydrogens is 418 g/mol. The molecule has 2 saturated heterocycles. The second-order valence-corrected chi connectivity index (χ2v) is 8.51. The lowest BCUT2D eigenvalue weighted by atomic mass is 10.2. The van der Waals surface area contributed by atoms with Gasteiger partial charge in [-0.25, -0.2) is 9.97 Å². The van der Waals surface area contributed by atoms with Gasteiger partial charge in [-0.2, -0.15) is 14.9 Å². The molecule has 2 aliphatic rings. The van der Waals surface area contributed by atoms with Crippen LogP contribution in [0.15, 0.2) is 48.9 Å². The highest BCUT2D eigenvalue weighted by Crippen LogP contribution is 2.33. The van der Waals surface area contributed by atoms with Crippen LogP contribution >= 0.6 is 0 Å². The van der Waals surface area contributed by atoms with Gasteiger partial charge in [-0.1, -0.05) is 6.07 Å². The summed E-state index contributed by atoms with van der Waals surface area (Å²) >= 11 is 0. The second-order valence-electron chi connectivity index (χ2n) is 8.51. The molecule has 0 amide bonds. The number of piperazine rings is 1. The minimum absolute atomic E-state index is 0.263. The standard InChI is InChI=1S/C23H27N9O/c1-17-16-33-13-12-31(17)22-14-19(18-15-26-32(23(18)27-22)21-5-7-25-28-21)29-8-10-30(11-9-29)20-4-2-3-6-24-20/h2-7,14-15,17H,8-13,16H2,1H3,(H,25,28)/t17-/m1/s1. The Balaban J connectivity index is 1.38. The zero-order chi connectivity index (χ0) is 22.2. The minimum atomic E-state index is 0.263. The number of morpholine rings is 1. The fourth-order valence-electron chi connectivity index (χ4n) is 4.70. The maximum absolute atomic E-state index is 5.67. The van der Waals surface area contributed by atoms with Gasteiger partial charge in [0.1, 0.15) is 11.6 Å². The van der Waals surface area contributed by atoms with E-state index in [1.807, 2.05) is 35.3 Å². The van der Waals surface area contributed by atoms with Crippen LogP contribution < -0.4 is 14.7 Å². The summed E-state index contributed by atoms with van der Waals surface area (Å²) in [6.45, 7) is 8.06. The molecule has 0 spiro atoms. The van der Waals surface area contributed by atoms with Crippen molar-refractivity contribution in [1.82, 2.24) is 29.9 Å². The molecule has 6 rings (SSSR count). The molecule has 0 saturated carbocycles. The highest BCUT2D eigenvalue weighted by Gasteiger charge is 2.26. The lowest BCUT2D eigenvalue weighted by Crippen LogP contribution is -2.47. The van der Waals surface area contributed by atoms with E-state index >= 15 is 0 Å². The summed E-state index contributed by atoms with van der Waals surface area (Å²) in [7, 11) is 0. The number of ether oxygens (including phenoxy) is 1. The maximum atomic E-state index is 5.67. The minimum Gasteiger partial charge on any atom is -0.377 e. The third-order valence-electron chi connectivity index (χ3n) is 6.46. The molecule has 0 bridgehead atoms. The quantitative estimate of drug-likeness (QED) is 0.511. The van der Waals surface area contributed by atoms with E-state index in [1.54, 1.807) is 6.20 Å². The Morgan fingerprint density at radius 1 is 1.00 bits per heavy atom. The van der Waals surface area contributed by atoms with Gasteiger partial charge in [-0.05, 0) is 19.1 Å². The number of nitrogens with zero attached hydrogens (tertiary/aromatic N) is 8. The summed E-state index contributed by atoms with van der Waals surface area (Å²) in [6.07, 6.45) is 5.56. The predicted molar refractivity (Wildman–Crippen MR) is 127 cm³/mol. The molecule has 1 atom stereocenters. The van der Waals surface area contributed by atoms with Crippen molar-refractivity contribution in [1.29, 1.82) is 0 Å². The molecule has 6 heterocycles. The van der Waals surface area contributed by atoms with Crippen molar-refractivity contribution in [2.45, 2.75) is 13.0 Å². The van der Waals surface area contributed by atoms with E-state index in [0.29, 0.717) is 13.2 Å². The van der Waals surface area contributed by atoms with Gasteiger partial charge in [-0.15, -0.1) is 0 Å². The van der Waals surface area contributed by atoms with Crippen LogP contribution in [0, 0.1) is 0 Å². The van der Waals surface area contributed by atoms with Gasteiger partial charge in [0, 0.05) is 57.3 Å². The van der Waals surface area contributed by atoms with E-state index in [-0.39, 0.29) is 6.04 Å². The molecule has 10 nitrogen and oxygen atoms in total. The van der Waals surface area contributed by atoms with E-state index in [4.69, 9.17) is 9.72 Å². The number of aromatic amines is 1. The fourth-order valence-corrected chi connectivity index (χ4v) is 4.70. The number of rotatable bonds is 4. The largest absolute Gasteiger partial charge is 0.377 e. The number of hydrogen-bond acceptors (Lipinski definition) is 8. The van der Waals surface area contributed by atoms with Crippen LogP contribution in [-0.2, 0) is 4.74 Å². The molecule has 0 unspecified atom stereocenters. The van der Waals surface area contributed by atoms with Gasteiger partial charge < -0.3 is 19.4 Å². The van der Waals surface area contributed by atoms with Gasteiger partial charge >= 0.3 is 0 Å². The lowest BCUT2D eigenvalue weighted by molar-refractivity contribution is 0.0985. The van der Waals surface area contributed by atoms with Crippen molar-refractivity contribution < 1.29 is 4.74 Å². The Morgan fingerprint density at radius 2 is 1.88 bits per heavy atom. The van der Waals surface area contributed by atoms with Crippen LogP contribution in [0.4, 0.5) is 17.3 Å². The van der Waals surface area contributed by atoms with Crippen molar-refractivity contribution in [3.8, 4) is 5.82 Å². The number of pyridine rings is 2. The molecule has 0 radical (unpaired) electrons. The highest BCUT2D eigenvalue weighted by atomic mass is 16.5. The summed E-state index contributed by atoms with van der Waals surface area (Å²) in [5.41, 5.74) is 1.98. The first-order valence-corrected chi connectivity index (χ1v) is 11.4. The molecule has 170 valence electrons. The summed E-state index contributed by atoms with van der Waals surface area (Å²) in [6, 6.07) is 10.5. The van der Waals surface area contributed by atoms with Gasteiger partial charge in [0.25, 0.3) is 0 Å². The summed E-state index contributed by atoms with van der Waals surface area (Å²) in [5.74, 6) is 2.72. The van der Waals surface area contributed by atoms with Crippen molar-refractivity contribution in [3.05, 3.63) is 48.9 Å². The van der Waals surface area contributed by atoms with E-state index in [1.165, 1.54) is 0 Å². The molecule has 2 fully saturated rings. The summed E-state index contributed by atoms with van der Waals surface area (Å²) < 4.78 is 7.48. The zero-order valence-corrected chi connectivity index (χ0v) is 18.6. The van der Waals surface area contributed by atoms with E-state index in [0.717, 1.165) is 66.9 Å². The summed E-state index contributed by atoms with van der Waals surface area (Å²) in [4.78, 5) is 16.7. The Morgan fingerprint density at radius 3 is 2.64 bits per heavy atom. The van der Waals surface area contributed by atoms with Gasteiger partial charge in [0.05, 0.1) is 36.5 Å². The first-order valence-electron chi connectivity index (χ1n) is 11.4. The van der Waals surface area contributed by atoms with Crippen molar-refractivity contribution in [2.75, 3.05) is 60.6 Å². The molecule has 4 aromatic rings. The fraction of sp³-hybridized carbons (Fsp3) is 0.391. The highest BCUT2D eigenvalue weighted by molar-refractivity contribution is 5.92. The lowest BCUT2D eigenvalue weighted by Gasteiger charge is -2.38. The molecule has 0 aromatic carbocycles. The Labute approximate surface area is 191 Å². The number of hydrogen-bond donors (Lipinski definition) is 1. The van der Waals surface area contributed by atoms with Crippen LogP contribution in [0.5, 0.6) is 0 Å². The molecule has 33 heavy (non-hydrogen) atoms. The van der Waals surface area contributed by atoms with Gasteiger partial charge in [0.2, 0.25) is 0 Å². The van der Waals surface area contributed by atoms with Crippen molar-refractivity contribution in [2.24, 2.45) is 0 Å². The molecule has 4 aromatic heterocycles. The van der Waals surface area contributed by atoms with Crippen LogP contribution in [0.25, 0.3) is 16.9 Å². The topological polar surface area (TPSA) is 91.2 Å². The third kappa shape index (κ3) is 3.66. The predicted octanol–water partition coefficient (Wildman–Crippen LogP) is 2.09. The van der Waals surface area contributed by atoms with E-state index in [2.05, 4.69) is 54.0 Å². The normalized spacial score (nSPS) is 19.4. The molecule has 2 aliphatic heterocycles. The molecular formula is C23H27N9O. The van der Waals surface area contributed by atoms with Gasteiger partial charge in [-0.3, -0.25) is 5.10 Å². The Kier molecular flexibility index (Phi) is 5.06. The number of fused-ring (bicyclic) bond motifs is 1. The Bertz CT molecular complexity index is 1220. The Hall–Kier alpha value is -3.66. The zero-order valence-electron chi connectivity index (χ0n) is 18.6. The SMILES string of the molecule is C[C@@H]1COCCN1c1cc(N2CCN(c3ccccn3)CC2)c2cnn(-c3cc[nH]n3)c2n1. The smallest absolute Gasteiger partial charge is 0.177 e. The van der Waals surface area contributed by atoms with Crippen LogP contribution in [-0.4, -0.2) is 81.9 Å². The van der Waals surface area contributed by atoms with E-state index < -0.39 is 0 Å². The number of anilines is 3. The first kappa shape index (κ1) is 20.0. The van der Waals surface area contributed by atoms with Crippen molar-refractivity contribution in [3.63, 3.8) is 0 Å². The van der Waals surface area contributed by atoms with Crippen LogP contribution in [0.2, 0.25) is 0 Å². The maximum Gasteiger partial charge on any atom is 0.177 e. The molecule has 1 N–H and O–H groups in total. The van der Waals surface area contributed by atoms with Gasteiger partial charge in [0.15, 0.2) is 11.5 Å². The van der Waals surface area contributed by atoms with Crippen LogP contribution in [0.1, 0.15) is 6.92 Å². The molecule has 10 heteroatoms. The van der Waals surface area contributed by atoms with E-state index in [9.17, 15) is 0 Å². The number of H-pyrrole nitrogens is 1. The first-order chi connectivity index (χ1) is 16.3. The van der Waals surface area contributed by atoms with Crippen molar-refractivity contribution >= 4 is 28.4 Å². The van der Waals surface area contributed by atoms with Crippen LogP contribution in [0.3, 0.4) is 0 Å². The third-order valence-corrected chi connectivity index (χ3v) is 6.46. The summed E-state index contributed by atoms with van der Waals surface area (Å²) in [5, 5.41) is 12.9. The number of nitrogens with one attached hydrogen (secondary N) is 1.